The van der Waals surface area contributed by atoms with Crippen molar-refractivity contribution in [1.29, 1.82) is 0 Å². The molecule has 0 saturated carbocycles. The highest BCUT2D eigenvalue weighted by molar-refractivity contribution is 6.51. The number of rotatable bonds is 4. The van der Waals surface area contributed by atoms with E-state index >= 15 is 0 Å². The Morgan fingerprint density at radius 2 is 1.86 bits per heavy atom. The van der Waals surface area contributed by atoms with Crippen LogP contribution in [-0.4, -0.2) is 26.0 Å². The van der Waals surface area contributed by atoms with Crippen molar-refractivity contribution in [3.05, 3.63) is 53.1 Å². The summed E-state index contributed by atoms with van der Waals surface area (Å²) in [5.41, 5.74) is 1.50. The Morgan fingerprint density at radius 1 is 1.11 bits per heavy atom. The van der Waals surface area contributed by atoms with Crippen molar-refractivity contribution in [2.45, 2.75) is 26.1 Å². The lowest BCUT2D eigenvalue weighted by Gasteiger charge is -2.28. The van der Waals surface area contributed by atoms with Gasteiger partial charge in [-0.3, -0.25) is 0 Å². The van der Waals surface area contributed by atoms with Crippen molar-refractivity contribution >= 4 is 22.6 Å². The van der Waals surface area contributed by atoms with Gasteiger partial charge in [-0.05, 0) is 44.2 Å². The molecule has 2 aliphatic heterocycles. The molecule has 4 rings (SSSR count). The third-order valence-electron chi connectivity index (χ3n) is 4.41. The first-order chi connectivity index (χ1) is 13.5. The first-order valence-electron chi connectivity index (χ1n) is 8.83. The quantitative estimate of drug-likeness (QED) is 0.703. The number of ether oxygens (including phenoxy) is 5. The number of hydrogen-bond donors (Lipinski definition) is 0. The van der Waals surface area contributed by atoms with Crippen LogP contribution in [-0.2, 0) is 9.53 Å². The van der Waals surface area contributed by atoms with Crippen molar-refractivity contribution in [1.82, 2.24) is 0 Å². The fourth-order valence-corrected chi connectivity index (χ4v) is 3.52. The predicted octanol–water partition coefficient (Wildman–Crippen LogP) is 4.46. The first kappa shape index (κ1) is 18.5. The molecule has 28 heavy (non-hydrogen) atoms. The molecule has 7 heteroatoms. The number of halogens is 1. The van der Waals surface area contributed by atoms with Crippen LogP contribution in [0.3, 0.4) is 0 Å². The van der Waals surface area contributed by atoms with Gasteiger partial charge >= 0.3 is 5.97 Å². The minimum Gasteiger partial charge on any atom is -0.491 e. The van der Waals surface area contributed by atoms with E-state index in [4.69, 9.17) is 35.3 Å². The minimum absolute atomic E-state index is 0.00627. The smallest absolute Gasteiger partial charge is 0.339 e. The zero-order chi connectivity index (χ0) is 19.8. The lowest BCUT2D eigenvalue weighted by molar-refractivity contribution is -0.137. The molecule has 0 saturated heterocycles. The van der Waals surface area contributed by atoms with Crippen LogP contribution in [0.2, 0.25) is 0 Å². The zero-order valence-corrected chi connectivity index (χ0v) is 16.4. The molecule has 0 spiro atoms. The van der Waals surface area contributed by atoms with Crippen LogP contribution in [0.4, 0.5) is 0 Å². The largest absolute Gasteiger partial charge is 0.491 e. The van der Waals surface area contributed by atoms with Crippen molar-refractivity contribution in [2.24, 2.45) is 0 Å². The van der Waals surface area contributed by atoms with Crippen LogP contribution >= 0.6 is 11.6 Å². The number of benzene rings is 2. The third-order valence-corrected chi connectivity index (χ3v) is 4.81. The highest BCUT2D eigenvalue weighted by Gasteiger charge is 2.35. The van der Waals surface area contributed by atoms with E-state index in [1.807, 2.05) is 26.0 Å². The summed E-state index contributed by atoms with van der Waals surface area (Å²) in [6.45, 7) is 4.03. The van der Waals surface area contributed by atoms with E-state index in [0.717, 1.165) is 0 Å². The summed E-state index contributed by atoms with van der Waals surface area (Å²) in [5.74, 6) is 1.87. The molecule has 146 valence electrons. The Morgan fingerprint density at radius 3 is 2.61 bits per heavy atom. The van der Waals surface area contributed by atoms with Gasteiger partial charge in [0.15, 0.2) is 17.6 Å². The van der Waals surface area contributed by atoms with Crippen LogP contribution in [0, 0.1) is 0 Å². The Balaban J connectivity index is 1.80. The number of methoxy groups -OCH3 is 1. The molecule has 2 aromatic rings. The summed E-state index contributed by atoms with van der Waals surface area (Å²) >= 11 is 6.64. The number of carbonyl (C=O) groups excluding carboxylic acids is 1. The highest BCUT2D eigenvalue weighted by atomic mass is 35.5. The van der Waals surface area contributed by atoms with Gasteiger partial charge in [0, 0.05) is 11.1 Å². The van der Waals surface area contributed by atoms with E-state index in [1.165, 1.54) is 7.11 Å². The predicted molar refractivity (Wildman–Crippen MR) is 103 cm³/mol. The molecule has 2 heterocycles. The monoisotopic (exact) mass is 402 g/mol. The molecule has 0 aromatic heterocycles. The second kappa shape index (κ2) is 7.28. The molecule has 0 radical (unpaired) electrons. The van der Waals surface area contributed by atoms with Crippen molar-refractivity contribution < 1.29 is 28.5 Å². The topological polar surface area (TPSA) is 63.2 Å². The van der Waals surface area contributed by atoms with Gasteiger partial charge in [0.1, 0.15) is 17.1 Å². The number of esters is 1. The fourth-order valence-electron chi connectivity index (χ4n) is 3.19. The summed E-state index contributed by atoms with van der Waals surface area (Å²) in [4.78, 5) is 12.5. The molecule has 0 N–H and O–H groups in total. The van der Waals surface area contributed by atoms with Gasteiger partial charge in [0.05, 0.1) is 18.2 Å². The van der Waals surface area contributed by atoms with Gasteiger partial charge in [-0.15, -0.1) is 0 Å². The molecular formula is C21H19ClO6. The summed E-state index contributed by atoms with van der Waals surface area (Å²) in [6, 6.07) is 10.7. The van der Waals surface area contributed by atoms with E-state index in [0.29, 0.717) is 34.1 Å². The molecule has 0 bridgehead atoms. The molecular weight excluding hydrogens is 384 g/mol. The van der Waals surface area contributed by atoms with Crippen LogP contribution in [0.25, 0.3) is 5.03 Å². The van der Waals surface area contributed by atoms with Gasteiger partial charge < -0.3 is 23.7 Å². The Labute approximate surface area is 167 Å². The maximum absolute atomic E-state index is 12.5. The number of carbonyl (C=O) groups is 1. The van der Waals surface area contributed by atoms with Gasteiger partial charge in [0.2, 0.25) is 6.79 Å². The molecule has 6 nitrogen and oxygen atoms in total. The van der Waals surface area contributed by atoms with Gasteiger partial charge in [0.25, 0.3) is 0 Å². The maximum Gasteiger partial charge on any atom is 0.339 e. The standard InChI is InChI=1S/C21H19ClO6/c1-11(2)27-13-5-7-15-14(9-13)19(22)18(21(23)24-3)20(28-15)12-4-6-16-17(8-12)26-10-25-16/h4-9,11,20H,10H2,1-3H3. The van der Waals surface area contributed by atoms with Crippen LogP contribution in [0.1, 0.15) is 31.1 Å². The molecule has 1 atom stereocenters. The van der Waals surface area contributed by atoms with Crippen LogP contribution in [0.5, 0.6) is 23.0 Å². The van der Waals surface area contributed by atoms with Gasteiger partial charge in [-0.2, -0.15) is 0 Å². The van der Waals surface area contributed by atoms with Crippen molar-refractivity contribution in [2.75, 3.05) is 13.9 Å². The van der Waals surface area contributed by atoms with Gasteiger partial charge in [-0.1, -0.05) is 17.7 Å². The third kappa shape index (κ3) is 3.24. The van der Waals surface area contributed by atoms with E-state index in [1.54, 1.807) is 24.3 Å². The Bertz CT molecular complexity index is 965. The molecule has 2 aromatic carbocycles. The summed E-state index contributed by atoms with van der Waals surface area (Å²) < 4.78 is 27.6. The van der Waals surface area contributed by atoms with E-state index in [2.05, 4.69) is 0 Å². The Kier molecular flexibility index (Phi) is 4.81. The van der Waals surface area contributed by atoms with Crippen LogP contribution in [0.15, 0.2) is 42.0 Å². The van der Waals surface area contributed by atoms with Crippen molar-refractivity contribution in [3.8, 4) is 23.0 Å². The average Bonchev–Trinajstić information content (AvgIpc) is 3.15. The highest BCUT2D eigenvalue weighted by Crippen LogP contribution is 2.47. The molecule has 1 unspecified atom stereocenters. The lowest BCUT2D eigenvalue weighted by atomic mass is 9.95. The Hall–Kier alpha value is -2.86. The summed E-state index contributed by atoms with van der Waals surface area (Å²) in [7, 11) is 1.31. The number of fused-ring (bicyclic) bond motifs is 2. The molecule has 0 amide bonds. The summed E-state index contributed by atoms with van der Waals surface area (Å²) in [6.07, 6.45) is -0.731. The van der Waals surface area contributed by atoms with E-state index in [-0.39, 0.29) is 23.5 Å². The lowest BCUT2D eigenvalue weighted by Crippen LogP contribution is -2.23. The average molecular weight is 403 g/mol. The minimum atomic E-state index is -0.737. The second-order valence-corrected chi connectivity index (χ2v) is 7.03. The maximum atomic E-state index is 12.5. The number of hydrogen-bond acceptors (Lipinski definition) is 6. The molecule has 2 aliphatic rings. The fraction of sp³-hybridized carbons (Fsp3) is 0.286. The van der Waals surface area contributed by atoms with E-state index < -0.39 is 12.1 Å². The normalized spacial score (nSPS) is 17.2. The SMILES string of the molecule is COC(=O)C1=C(Cl)c2cc(OC(C)C)ccc2OC1c1ccc2c(c1)OCO2. The van der Waals surface area contributed by atoms with Crippen molar-refractivity contribution in [3.63, 3.8) is 0 Å². The molecule has 0 aliphatic carbocycles. The summed E-state index contributed by atoms with van der Waals surface area (Å²) in [5, 5.41) is 0.268. The second-order valence-electron chi connectivity index (χ2n) is 6.65. The van der Waals surface area contributed by atoms with Crippen LogP contribution < -0.4 is 18.9 Å². The molecule has 0 fully saturated rings. The van der Waals surface area contributed by atoms with Gasteiger partial charge in [-0.25, -0.2) is 4.79 Å². The first-order valence-corrected chi connectivity index (χ1v) is 9.21. The zero-order valence-electron chi connectivity index (χ0n) is 15.7. The van der Waals surface area contributed by atoms with E-state index in [9.17, 15) is 4.79 Å².